The topological polar surface area (TPSA) is 55.8 Å². The van der Waals surface area contributed by atoms with Crippen LogP contribution in [0.4, 0.5) is 0 Å². The van der Waals surface area contributed by atoms with Crippen LogP contribution in [0.15, 0.2) is 36.5 Å². The molecule has 0 aromatic carbocycles. The molecule has 258 valence electrons. The minimum atomic E-state index is -0.534. The van der Waals surface area contributed by atoms with Gasteiger partial charge in [-0.05, 0) is 44.9 Å². The zero-order valence-electron chi connectivity index (χ0n) is 29.4. The van der Waals surface area contributed by atoms with E-state index in [9.17, 15) is 9.90 Å². The number of aliphatic hydroxyl groups excluding tert-OH is 1. The summed E-state index contributed by atoms with van der Waals surface area (Å²) in [6.45, 7) is 5.23. The fraction of sp³-hybridized carbons (Fsp3) is 0.825. The molecule has 1 unspecified atom stereocenters. The molecule has 4 heteroatoms. The van der Waals surface area contributed by atoms with Crippen LogP contribution in [-0.2, 0) is 14.3 Å². The molecule has 0 aromatic heterocycles. The second-order valence-corrected chi connectivity index (χ2v) is 12.6. The van der Waals surface area contributed by atoms with Crippen LogP contribution in [0.3, 0.4) is 0 Å². The van der Waals surface area contributed by atoms with Crippen molar-refractivity contribution < 1.29 is 19.4 Å². The van der Waals surface area contributed by atoms with Crippen molar-refractivity contribution in [2.45, 2.75) is 193 Å². The van der Waals surface area contributed by atoms with E-state index in [0.717, 1.165) is 38.5 Å². The highest BCUT2D eigenvalue weighted by atomic mass is 16.6. The first-order chi connectivity index (χ1) is 21.7. The average Bonchev–Trinajstić information content (AvgIpc) is 3.03. The number of hydrogen-bond acceptors (Lipinski definition) is 4. The van der Waals surface area contributed by atoms with Crippen LogP contribution in [0, 0.1) is 0 Å². The molecule has 0 fully saturated rings. The van der Waals surface area contributed by atoms with Crippen LogP contribution in [0.1, 0.15) is 187 Å². The molecule has 1 N–H and O–H groups in total. The highest BCUT2D eigenvalue weighted by molar-refractivity contribution is 5.69. The van der Waals surface area contributed by atoms with Crippen molar-refractivity contribution >= 4 is 5.97 Å². The number of rotatable bonds is 35. The first-order valence-electron chi connectivity index (χ1n) is 19.1. The second kappa shape index (κ2) is 37.8. The van der Waals surface area contributed by atoms with E-state index in [2.05, 4.69) is 50.3 Å². The van der Waals surface area contributed by atoms with Gasteiger partial charge in [-0.3, -0.25) is 4.79 Å². The number of ether oxygens (including phenoxy) is 2. The highest BCUT2D eigenvalue weighted by Gasteiger charge is 2.13. The van der Waals surface area contributed by atoms with E-state index in [1.165, 1.54) is 128 Å². The maximum absolute atomic E-state index is 12.1. The number of carbonyl (C=O) groups excluding carboxylic acids is 1. The van der Waals surface area contributed by atoms with Gasteiger partial charge in [0.2, 0.25) is 0 Å². The molecule has 0 amide bonds. The first kappa shape index (κ1) is 42.6. The predicted octanol–water partition coefficient (Wildman–Crippen LogP) is 12.1. The fourth-order valence-corrected chi connectivity index (χ4v) is 5.40. The van der Waals surface area contributed by atoms with Crippen molar-refractivity contribution in [1.82, 2.24) is 0 Å². The molecule has 1 atom stereocenters. The predicted molar refractivity (Wildman–Crippen MR) is 191 cm³/mol. The summed E-state index contributed by atoms with van der Waals surface area (Å²) in [6, 6.07) is 0. The summed E-state index contributed by atoms with van der Waals surface area (Å²) in [5, 5.41) is 9.56. The van der Waals surface area contributed by atoms with Gasteiger partial charge in [-0.25, -0.2) is 0 Å². The Morgan fingerprint density at radius 1 is 0.568 bits per heavy atom. The second-order valence-electron chi connectivity index (χ2n) is 12.6. The van der Waals surface area contributed by atoms with Crippen molar-refractivity contribution in [3.63, 3.8) is 0 Å². The maximum atomic E-state index is 12.1. The Morgan fingerprint density at radius 3 is 1.55 bits per heavy atom. The molecule has 0 aliphatic carbocycles. The quantitative estimate of drug-likeness (QED) is 0.0436. The van der Waals surface area contributed by atoms with E-state index in [-0.39, 0.29) is 12.6 Å². The van der Waals surface area contributed by atoms with Crippen molar-refractivity contribution in [1.29, 1.82) is 0 Å². The third-order valence-corrected chi connectivity index (χ3v) is 8.23. The van der Waals surface area contributed by atoms with Gasteiger partial charge in [0.05, 0.1) is 13.2 Å². The molecule has 44 heavy (non-hydrogen) atoms. The Balaban J connectivity index is 3.43. The normalized spacial score (nSPS) is 12.7. The lowest BCUT2D eigenvalue weighted by Gasteiger charge is -2.16. The minimum Gasteiger partial charge on any atom is -0.457 e. The van der Waals surface area contributed by atoms with Gasteiger partial charge in [0.1, 0.15) is 6.10 Å². The fourth-order valence-electron chi connectivity index (χ4n) is 5.40. The first-order valence-corrected chi connectivity index (χ1v) is 19.1. The van der Waals surface area contributed by atoms with Crippen LogP contribution in [0.5, 0.6) is 0 Å². The molecule has 0 saturated heterocycles. The number of unbranched alkanes of at least 4 members (excludes halogenated alkanes) is 21. The summed E-state index contributed by atoms with van der Waals surface area (Å²) < 4.78 is 11.1. The molecule has 0 aliphatic rings. The number of allylic oxidation sites excluding steroid dienone is 6. The van der Waals surface area contributed by atoms with Crippen molar-refractivity contribution in [2.75, 3.05) is 19.8 Å². The van der Waals surface area contributed by atoms with E-state index >= 15 is 0 Å². The summed E-state index contributed by atoms with van der Waals surface area (Å²) in [5.74, 6) is -0.203. The van der Waals surface area contributed by atoms with Gasteiger partial charge >= 0.3 is 5.97 Å². The smallest absolute Gasteiger partial charge is 0.306 e. The molecule has 0 aliphatic heterocycles. The largest absolute Gasteiger partial charge is 0.457 e. The van der Waals surface area contributed by atoms with Crippen LogP contribution >= 0.6 is 0 Å². The van der Waals surface area contributed by atoms with Gasteiger partial charge in [0.15, 0.2) is 0 Å². The number of aliphatic hydroxyl groups is 1. The third kappa shape index (κ3) is 35.1. The molecule has 4 nitrogen and oxygen atoms in total. The standard InChI is InChI=1S/C40H74O4/c1-3-5-7-9-11-13-15-17-19-20-21-22-24-26-28-30-32-34-36-43-38-39(37-41)44-40(42)35-33-31-29-27-25-23-18-16-14-12-10-8-6-4-2/h5,7,11,13,17,19,39,41H,3-4,6,8-10,12,14-16,18,20-38H2,1-2H3/b7-5-,13-11-,19-17-. The Morgan fingerprint density at radius 2 is 1.02 bits per heavy atom. The Bertz CT molecular complexity index is 654. The number of hydrogen-bond donors (Lipinski definition) is 1. The molecule has 0 spiro atoms. The molecule has 0 heterocycles. The lowest BCUT2D eigenvalue weighted by molar-refractivity contribution is -0.154. The number of carbonyl (C=O) groups is 1. The highest BCUT2D eigenvalue weighted by Crippen LogP contribution is 2.14. The summed E-state index contributed by atoms with van der Waals surface area (Å²) >= 11 is 0. The van der Waals surface area contributed by atoms with Gasteiger partial charge in [0.25, 0.3) is 0 Å². The Hall–Kier alpha value is -1.39. The molecular formula is C40H74O4. The van der Waals surface area contributed by atoms with Gasteiger partial charge < -0.3 is 14.6 Å². The zero-order chi connectivity index (χ0) is 32.0. The number of esters is 1. The van der Waals surface area contributed by atoms with Crippen LogP contribution in [0.25, 0.3) is 0 Å². The maximum Gasteiger partial charge on any atom is 0.306 e. The van der Waals surface area contributed by atoms with E-state index in [1.807, 2.05) is 0 Å². The molecule has 0 rings (SSSR count). The lowest BCUT2D eigenvalue weighted by atomic mass is 10.0. The van der Waals surface area contributed by atoms with E-state index < -0.39 is 6.10 Å². The van der Waals surface area contributed by atoms with Crippen molar-refractivity contribution in [3.8, 4) is 0 Å². The Kier molecular flexibility index (Phi) is 36.6. The van der Waals surface area contributed by atoms with Gasteiger partial charge in [-0.15, -0.1) is 0 Å². The van der Waals surface area contributed by atoms with E-state index in [4.69, 9.17) is 9.47 Å². The minimum absolute atomic E-state index is 0.172. The summed E-state index contributed by atoms with van der Waals surface area (Å²) in [6.07, 6.45) is 46.1. The van der Waals surface area contributed by atoms with Gasteiger partial charge in [0, 0.05) is 13.0 Å². The lowest BCUT2D eigenvalue weighted by Crippen LogP contribution is -2.27. The Labute approximate surface area is 274 Å². The van der Waals surface area contributed by atoms with Crippen molar-refractivity contribution in [2.24, 2.45) is 0 Å². The molecule has 0 radical (unpaired) electrons. The molecule has 0 saturated carbocycles. The van der Waals surface area contributed by atoms with E-state index in [1.54, 1.807) is 0 Å². The average molecular weight is 619 g/mol. The van der Waals surface area contributed by atoms with Crippen LogP contribution in [-0.4, -0.2) is 37.0 Å². The monoisotopic (exact) mass is 619 g/mol. The molecule has 0 bridgehead atoms. The molecular weight excluding hydrogens is 544 g/mol. The summed E-state index contributed by atoms with van der Waals surface area (Å²) in [5.41, 5.74) is 0. The van der Waals surface area contributed by atoms with Crippen LogP contribution in [0.2, 0.25) is 0 Å². The van der Waals surface area contributed by atoms with Gasteiger partial charge in [-0.1, -0.05) is 172 Å². The SMILES string of the molecule is CC/C=C\C/C=C\C/C=C\CCCCCCCCCCOCC(CO)OC(=O)CCCCCCCCCCCCCCCC. The molecule has 0 aromatic rings. The summed E-state index contributed by atoms with van der Waals surface area (Å²) in [7, 11) is 0. The van der Waals surface area contributed by atoms with E-state index in [0.29, 0.717) is 19.6 Å². The summed E-state index contributed by atoms with van der Waals surface area (Å²) in [4.78, 5) is 12.1. The van der Waals surface area contributed by atoms with Crippen molar-refractivity contribution in [3.05, 3.63) is 36.5 Å². The van der Waals surface area contributed by atoms with Gasteiger partial charge in [-0.2, -0.15) is 0 Å². The zero-order valence-corrected chi connectivity index (χ0v) is 29.4. The van der Waals surface area contributed by atoms with Crippen LogP contribution < -0.4 is 0 Å². The third-order valence-electron chi connectivity index (χ3n) is 8.23.